The molecular formula is C22H22ClN5O. The van der Waals surface area contributed by atoms with Crippen LogP contribution in [0.5, 0.6) is 0 Å². The Morgan fingerprint density at radius 2 is 2.00 bits per heavy atom. The number of nitrogens with zero attached hydrogens (tertiary/aromatic N) is 4. The van der Waals surface area contributed by atoms with Gasteiger partial charge in [0.2, 0.25) is 11.9 Å². The van der Waals surface area contributed by atoms with Gasteiger partial charge in [-0.25, -0.2) is 9.97 Å². The normalized spacial score (nSPS) is 16.6. The van der Waals surface area contributed by atoms with Gasteiger partial charge in [0, 0.05) is 47.7 Å². The summed E-state index contributed by atoms with van der Waals surface area (Å²) in [4.78, 5) is 27.7. The number of nitrogens with two attached hydrogens (primary N) is 1. The number of carbonyl (C=O) groups is 1. The molecule has 1 aromatic carbocycles. The molecule has 148 valence electrons. The molecule has 2 aromatic heterocycles. The number of aromatic nitrogens is 3. The van der Waals surface area contributed by atoms with Crippen LogP contribution in [0, 0.1) is 0 Å². The summed E-state index contributed by atoms with van der Waals surface area (Å²) < 4.78 is 0. The number of halogens is 1. The van der Waals surface area contributed by atoms with E-state index in [1.54, 1.807) is 12.4 Å². The summed E-state index contributed by atoms with van der Waals surface area (Å²) in [5.41, 5.74) is 9.49. The van der Waals surface area contributed by atoms with Crippen LogP contribution >= 0.6 is 11.6 Å². The molecule has 1 saturated heterocycles. The van der Waals surface area contributed by atoms with Gasteiger partial charge in [0.05, 0.1) is 12.1 Å². The lowest BCUT2D eigenvalue weighted by atomic mass is 9.89. The number of amides is 1. The molecule has 1 aliphatic heterocycles. The molecule has 0 bridgehead atoms. The third kappa shape index (κ3) is 4.54. The van der Waals surface area contributed by atoms with Crippen molar-refractivity contribution in [2.75, 3.05) is 18.8 Å². The predicted molar refractivity (Wildman–Crippen MR) is 113 cm³/mol. The highest BCUT2D eigenvalue weighted by molar-refractivity contribution is 6.30. The highest BCUT2D eigenvalue weighted by Crippen LogP contribution is 2.34. The summed E-state index contributed by atoms with van der Waals surface area (Å²) in [6.45, 7) is 1.36. The number of piperidine rings is 1. The number of pyridine rings is 1. The van der Waals surface area contributed by atoms with Gasteiger partial charge in [-0.1, -0.05) is 29.8 Å². The maximum absolute atomic E-state index is 12.8. The zero-order chi connectivity index (χ0) is 20.2. The average Bonchev–Trinajstić information content (AvgIpc) is 2.75. The smallest absolute Gasteiger partial charge is 0.228 e. The van der Waals surface area contributed by atoms with Crippen LogP contribution in [0.4, 0.5) is 5.95 Å². The van der Waals surface area contributed by atoms with E-state index in [1.807, 2.05) is 47.4 Å². The van der Waals surface area contributed by atoms with Crippen LogP contribution in [-0.2, 0) is 11.2 Å². The van der Waals surface area contributed by atoms with Crippen molar-refractivity contribution in [1.82, 2.24) is 19.9 Å². The van der Waals surface area contributed by atoms with Gasteiger partial charge in [-0.3, -0.25) is 9.78 Å². The number of likely N-dealkylation sites (tertiary alicyclic amines) is 1. The lowest BCUT2D eigenvalue weighted by Gasteiger charge is -2.33. The first-order chi connectivity index (χ1) is 14.1. The van der Waals surface area contributed by atoms with E-state index in [9.17, 15) is 4.79 Å². The molecule has 0 radical (unpaired) electrons. The number of hydrogen-bond donors (Lipinski definition) is 1. The first kappa shape index (κ1) is 19.3. The van der Waals surface area contributed by atoms with Crippen molar-refractivity contribution in [3.63, 3.8) is 0 Å². The van der Waals surface area contributed by atoms with Crippen molar-refractivity contribution in [3.05, 3.63) is 71.3 Å². The Labute approximate surface area is 174 Å². The molecule has 1 amide bonds. The van der Waals surface area contributed by atoms with E-state index in [2.05, 4.69) is 15.0 Å². The van der Waals surface area contributed by atoms with Crippen molar-refractivity contribution in [1.29, 1.82) is 0 Å². The Bertz CT molecular complexity index is 994. The maximum Gasteiger partial charge on any atom is 0.228 e. The van der Waals surface area contributed by atoms with Crippen molar-refractivity contribution in [3.8, 4) is 11.1 Å². The van der Waals surface area contributed by atoms with Crippen molar-refractivity contribution in [2.24, 2.45) is 0 Å². The molecular weight excluding hydrogens is 386 g/mol. The first-order valence-corrected chi connectivity index (χ1v) is 10.0. The number of hydrogen-bond acceptors (Lipinski definition) is 5. The van der Waals surface area contributed by atoms with Crippen LogP contribution in [0.2, 0.25) is 5.02 Å². The van der Waals surface area contributed by atoms with Crippen LogP contribution in [0.25, 0.3) is 11.1 Å². The Kier molecular flexibility index (Phi) is 5.71. The van der Waals surface area contributed by atoms with Gasteiger partial charge in [0.1, 0.15) is 0 Å². The van der Waals surface area contributed by atoms with Gasteiger partial charge in [-0.05, 0) is 42.7 Å². The second-order valence-corrected chi connectivity index (χ2v) is 7.65. The van der Waals surface area contributed by atoms with Crippen LogP contribution in [0.15, 0.2) is 54.9 Å². The second kappa shape index (κ2) is 8.57. The third-order valence-electron chi connectivity index (χ3n) is 5.21. The summed E-state index contributed by atoms with van der Waals surface area (Å²) in [5, 5.41) is 0.677. The fourth-order valence-corrected chi connectivity index (χ4v) is 3.89. The lowest BCUT2D eigenvalue weighted by molar-refractivity contribution is -0.131. The fourth-order valence-electron chi connectivity index (χ4n) is 3.77. The van der Waals surface area contributed by atoms with Gasteiger partial charge >= 0.3 is 0 Å². The molecule has 3 aromatic rings. The zero-order valence-electron chi connectivity index (χ0n) is 16.0. The number of carbonyl (C=O) groups excluding carboxylic acids is 1. The number of anilines is 1. The monoisotopic (exact) mass is 407 g/mol. The second-order valence-electron chi connectivity index (χ2n) is 7.21. The predicted octanol–water partition coefficient (Wildman–Crippen LogP) is 3.72. The largest absolute Gasteiger partial charge is 0.368 e. The Balaban J connectivity index is 1.57. The van der Waals surface area contributed by atoms with E-state index < -0.39 is 0 Å². The Morgan fingerprint density at radius 3 is 2.76 bits per heavy atom. The van der Waals surface area contributed by atoms with E-state index >= 15 is 0 Å². The summed E-state index contributed by atoms with van der Waals surface area (Å²) in [7, 11) is 0. The molecule has 0 spiro atoms. The molecule has 0 saturated carbocycles. The highest BCUT2D eigenvalue weighted by Gasteiger charge is 2.28. The Hall–Kier alpha value is -2.99. The third-order valence-corrected chi connectivity index (χ3v) is 5.46. The van der Waals surface area contributed by atoms with E-state index in [0.717, 1.165) is 41.9 Å². The molecule has 1 unspecified atom stereocenters. The van der Waals surface area contributed by atoms with Crippen molar-refractivity contribution < 1.29 is 4.79 Å². The van der Waals surface area contributed by atoms with Gasteiger partial charge < -0.3 is 10.6 Å². The quantitative estimate of drug-likeness (QED) is 0.712. The van der Waals surface area contributed by atoms with E-state index in [-0.39, 0.29) is 17.8 Å². The average molecular weight is 408 g/mol. The number of rotatable bonds is 4. The number of nitrogen functional groups attached to an aromatic ring is 1. The SMILES string of the molecule is Nc1ncc(-c2ccc(Cl)cc2)c(C2CCCN(C(=O)Cc3ccccn3)C2)n1. The molecule has 1 fully saturated rings. The minimum atomic E-state index is 0.0865. The Morgan fingerprint density at radius 1 is 1.17 bits per heavy atom. The van der Waals surface area contributed by atoms with Gasteiger partial charge in [-0.15, -0.1) is 0 Å². The van der Waals surface area contributed by atoms with E-state index in [4.69, 9.17) is 17.3 Å². The summed E-state index contributed by atoms with van der Waals surface area (Å²) in [6.07, 6.45) is 5.65. The van der Waals surface area contributed by atoms with Crippen molar-refractivity contribution >= 4 is 23.5 Å². The standard InChI is InChI=1S/C22H22ClN5O/c23-17-8-6-15(7-9-17)19-13-26-22(24)27-21(19)16-4-3-11-28(14-16)20(29)12-18-5-1-2-10-25-18/h1-2,5-10,13,16H,3-4,11-12,14H2,(H2,24,26,27). The molecule has 4 rings (SSSR count). The number of benzene rings is 1. The zero-order valence-corrected chi connectivity index (χ0v) is 16.7. The minimum absolute atomic E-state index is 0.0865. The molecule has 1 atom stereocenters. The molecule has 7 heteroatoms. The summed E-state index contributed by atoms with van der Waals surface area (Å²) >= 11 is 6.03. The molecule has 6 nitrogen and oxygen atoms in total. The minimum Gasteiger partial charge on any atom is -0.368 e. The van der Waals surface area contributed by atoms with Crippen LogP contribution in [-0.4, -0.2) is 38.8 Å². The fraction of sp³-hybridized carbons (Fsp3) is 0.273. The van der Waals surface area contributed by atoms with Crippen LogP contribution in [0.3, 0.4) is 0 Å². The lowest BCUT2D eigenvalue weighted by Crippen LogP contribution is -2.40. The van der Waals surface area contributed by atoms with E-state index in [1.165, 1.54) is 0 Å². The molecule has 3 heterocycles. The van der Waals surface area contributed by atoms with Crippen molar-refractivity contribution in [2.45, 2.75) is 25.2 Å². The van der Waals surface area contributed by atoms with Crippen LogP contribution < -0.4 is 5.73 Å². The van der Waals surface area contributed by atoms with Gasteiger partial charge in [-0.2, -0.15) is 0 Å². The van der Waals surface area contributed by atoms with Gasteiger partial charge in [0.15, 0.2) is 0 Å². The molecule has 29 heavy (non-hydrogen) atoms. The van der Waals surface area contributed by atoms with Gasteiger partial charge in [0.25, 0.3) is 0 Å². The van der Waals surface area contributed by atoms with Crippen LogP contribution in [0.1, 0.15) is 30.1 Å². The molecule has 1 aliphatic rings. The highest BCUT2D eigenvalue weighted by atomic mass is 35.5. The first-order valence-electron chi connectivity index (χ1n) is 9.66. The molecule has 0 aliphatic carbocycles. The topological polar surface area (TPSA) is 85.0 Å². The maximum atomic E-state index is 12.8. The summed E-state index contributed by atoms with van der Waals surface area (Å²) in [6, 6.07) is 13.2. The molecule has 2 N–H and O–H groups in total. The van der Waals surface area contributed by atoms with E-state index in [0.29, 0.717) is 18.0 Å². The summed E-state index contributed by atoms with van der Waals surface area (Å²) in [5.74, 6) is 0.436.